The molecular weight excluding hydrogens is 304 g/mol. The second-order valence-electron chi connectivity index (χ2n) is 3.42. The zero-order valence-corrected chi connectivity index (χ0v) is 10.7. The zero-order valence-electron chi connectivity index (χ0n) is 9.13. The van der Waals surface area contributed by atoms with E-state index in [1.54, 1.807) is 6.07 Å². The van der Waals surface area contributed by atoms with Gasteiger partial charge in [-0.3, -0.25) is 9.59 Å². The number of hydrogen-bond donors (Lipinski definition) is 2. The second-order valence-corrected chi connectivity index (χ2v) is 4.33. The summed E-state index contributed by atoms with van der Waals surface area (Å²) in [5.74, 6) is -2.33. The lowest BCUT2D eigenvalue weighted by Crippen LogP contribution is -2.35. The van der Waals surface area contributed by atoms with Crippen molar-refractivity contribution >= 4 is 33.6 Å². The molecule has 18 heavy (non-hydrogen) atoms. The van der Waals surface area contributed by atoms with E-state index in [1.807, 2.05) is 6.07 Å². The molecule has 0 aliphatic rings. The van der Waals surface area contributed by atoms with Crippen LogP contribution in [0.1, 0.15) is 5.56 Å². The van der Waals surface area contributed by atoms with E-state index in [-0.39, 0.29) is 11.3 Å². The third-order valence-corrected chi connectivity index (χ3v) is 2.57. The van der Waals surface area contributed by atoms with E-state index in [2.05, 4.69) is 15.9 Å². The Hall–Kier alpha value is -2.07. The number of nitrogens with zero attached hydrogens (tertiary/aromatic N) is 2. The predicted molar refractivity (Wildman–Crippen MR) is 66.3 cm³/mol. The Kier molecular flexibility index (Phi) is 4.68. The number of halogens is 1. The van der Waals surface area contributed by atoms with Crippen molar-refractivity contribution in [2.45, 2.75) is 0 Å². The first-order valence-electron chi connectivity index (χ1n) is 4.82. The molecule has 1 aromatic rings. The number of benzene rings is 1. The van der Waals surface area contributed by atoms with E-state index in [0.717, 1.165) is 4.90 Å². The molecule has 0 fully saturated rings. The zero-order chi connectivity index (χ0) is 13.7. The van der Waals surface area contributed by atoms with Crippen molar-refractivity contribution in [3.8, 4) is 6.07 Å². The molecule has 2 N–H and O–H groups in total. The highest BCUT2D eigenvalue weighted by Crippen LogP contribution is 2.24. The van der Waals surface area contributed by atoms with Gasteiger partial charge in [0.1, 0.15) is 19.2 Å². The Labute approximate surface area is 111 Å². The Balaban J connectivity index is 3.18. The third kappa shape index (κ3) is 3.75. The summed E-state index contributed by atoms with van der Waals surface area (Å²) in [5.41, 5.74) is 0.498. The monoisotopic (exact) mass is 312 g/mol. The number of carboxylic acids is 2. The van der Waals surface area contributed by atoms with Crippen LogP contribution in [-0.2, 0) is 9.59 Å². The molecule has 0 heterocycles. The van der Waals surface area contributed by atoms with Crippen molar-refractivity contribution in [1.29, 1.82) is 5.26 Å². The van der Waals surface area contributed by atoms with E-state index >= 15 is 0 Å². The predicted octanol–water partition coefficient (Wildman–Crippen LogP) is 1.30. The molecule has 0 unspecified atom stereocenters. The number of anilines is 1. The van der Waals surface area contributed by atoms with Gasteiger partial charge in [0.25, 0.3) is 0 Å². The molecule has 7 heteroatoms. The first-order chi connectivity index (χ1) is 8.43. The summed E-state index contributed by atoms with van der Waals surface area (Å²) in [6, 6.07) is 6.54. The molecule has 0 bridgehead atoms. The molecule has 0 atom stereocenters. The third-order valence-electron chi connectivity index (χ3n) is 2.07. The molecule has 0 amide bonds. The molecule has 0 aliphatic carbocycles. The fourth-order valence-corrected chi connectivity index (χ4v) is 1.76. The van der Waals surface area contributed by atoms with Crippen LogP contribution in [0.25, 0.3) is 0 Å². The van der Waals surface area contributed by atoms with Crippen LogP contribution in [0, 0.1) is 11.3 Å². The van der Waals surface area contributed by atoms with Gasteiger partial charge in [0, 0.05) is 4.47 Å². The van der Waals surface area contributed by atoms with E-state index in [9.17, 15) is 9.59 Å². The summed E-state index contributed by atoms with van der Waals surface area (Å²) >= 11 is 3.20. The van der Waals surface area contributed by atoms with Crippen LogP contribution in [0.5, 0.6) is 0 Å². The molecule has 0 saturated heterocycles. The average Bonchev–Trinajstić information content (AvgIpc) is 2.26. The largest absolute Gasteiger partial charge is 0.480 e. The van der Waals surface area contributed by atoms with E-state index in [0.29, 0.717) is 4.47 Å². The first-order valence-corrected chi connectivity index (χ1v) is 5.61. The van der Waals surface area contributed by atoms with E-state index < -0.39 is 25.0 Å². The van der Waals surface area contributed by atoms with Crippen LogP contribution >= 0.6 is 15.9 Å². The first kappa shape index (κ1) is 14.0. The van der Waals surface area contributed by atoms with Gasteiger partial charge in [-0.2, -0.15) is 5.26 Å². The van der Waals surface area contributed by atoms with Crippen molar-refractivity contribution in [1.82, 2.24) is 0 Å². The van der Waals surface area contributed by atoms with Gasteiger partial charge in [0.05, 0.1) is 11.3 Å². The molecule has 0 radical (unpaired) electrons. The Morgan fingerprint density at radius 1 is 1.28 bits per heavy atom. The fraction of sp³-hybridized carbons (Fsp3) is 0.182. The normalized spacial score (nSPS) is 9.56. The molecular formula is C11H9BrN2O4. The maximum absolute atomic E-state index is 10.7. The highest BCUT2D eigenvalue weighted by molar-refractivity contribution is 9.10. The topological polar surface area (TPSA) is 102 Å². The Morgan fingerprint density at radius 2 is 1.83 bits per heavy atom. The quantitative estimate of drug-likeness (QED) is 0.849. The van der Waals surface area contributed by atoms with E-state index in [4.69, 9.17) is 15.5 Å². The minimum absolute atomic E-state index is 0.223. The number of aliphatic carboxylic acids is 2. The Bertz CT molecular complexity index is 508. The summed E-state index contributed by atoms with van der Waals surface area (Å²) in [5, 5.41) is 26.5. The molecule has 1 rings (SSSR count). The number of rotatable bonds is 5. The van der Waals surface area contributed by atoms with Crippen LogP contribution in [0.4, 0.5) is 5.69 Å². The van der Waals surface area contributed by atoms with Gasteiger partial charge in [-0.1, -0.05) is 15.9 Å². The smallest absolute Gasteiger partial charge is 0.323 e. The summed E-state index contributed by atoms with van der Waals surface area (Å²) in [4.78, 5) is 22.6. The summed E-state index contributed by atoms with van der Waals surface area (Å²) in [6.45, 7) is -0.977. The van der Waals surface area contributed by atoms with Crippen LogP contribution < -0.4 is 4.90 Å². The second kappa shape index (κ2) is 6.02. The Morgan fingerprint density at radius 3 is 2.28 bits per heavy atom. The molecule has 0 spiro atoms. The standard InChI is InChI=1S/C11H9BrN2O4/c12-8-2-1-7(4-13)9(3-8)14(5-10(15)16)6-11(17)18/h1-3H,5-6H2,(H,15,16)(H,17,18). The van der Waals surface area contributed by atoms with Gasteiger partial charge in [-0.25, -0.2) is 0 Å². The van der Waals surface area contributed by atoms with Gasteiger partial charge < -0.3 is 15.1 Å². The van der Waals surface area contributed by atoms with Crippen LogP contribution in [0.15, 0.2) is 22.7 Å². The molecule has 0 aromatic heterocycles. The lowest BCUT2D eigenvalue weighted by atomic mass is 10.1. The molecule has 1 aromatic carbocycles. The summed E-state index contributed by atoms with van der Waals surface area (Å²) < 4.78 is 0.636. The van der Waals surface area contributed by atoms with Crippen molar-refractivity contribution in [3.63, 3.8) is 0 Å². The van der Waals surface area contributed by atoms with Crippen molar-refractivity contribution in [3.05, 3.63) is 28.2 Å². The molecule has 0 saturated carbocycles. The van der Waals surface area contributed by atoms with Crippen molar-refractivity contribution in [2.75, 3.05) is 18.0 Å². The minimum Gasteiger partial charge on any atom is -0.480 e. The molecule has 6 nitrogen and oxygen atoms in total. The lowest BCUT2D eigenvalue weighted by Gasteiger charge is -2.21. The number of nitriles is 1. The van der Waals surface area contributed by atoms with Crippen LogP contribution in [-0.4, -0.2) is 35.2 Å². The maximum Gasteiger partial charge on any atom is 0.323 e. The van der Waals surface area contributed by atoms with Gasteiger partial charge >= 0.3 is 11.9 Å². The van der Waals surface area contributed by atoms with Gasteiger partial charge in [-0.15, -0.1) is 0 Å². The SMILES string of the molecule is N#Cc1ccc(Br)cc1N(CC(=O)O)CC(=O)O. The van der Waals surface area contributed by atoms with Crippen LogP contribution in [0.3, 0.4) is 0 Å². The minimum atomic E-state index is -1.17. The number of hydrogen-bond acceptors (Lipinski definition) is 4. The number of carbonyl (C=O) groups is 2. The van der Waals surface area contributed by atoms with Crippen molar-refractivity contribution < 1.29 is 19.8 Å². The fourth-order valence-electron chi connectivity index (χ4n) is 1.41. The maximum atomic E-state index is 10.7. The summed E-state index contributed by atoms with van der Waals surface area (Å²) in [6.07, 6.45) is 0. The van der Waals surface area contributed by atoms with Gasteiger partial charge in [0.2, 0.25) is 0 Å². The van der Waals surface area contributed by atoms with Gasteiger partial charge in [0.15, 0.2) is 0 Å². The average molecular weight is 313 g/mol. The van der Waals surface area contributed by atoms with Crippen LogP contribution in [0.2, 0.25) is 0 Å². The molecule has 94 valence electrons. The summed E-state index contributed by atoms with van der Waals surface area (Å²) in [7, 11) is 0. The lowest BCUT2D eigenvalue weighted by molar-refractivity contribution is -0.136. The highest BCUT2D eigenvalue weighted by atomic mass is 79.9. The molecule has 0 aliphatic heterocycles. The highest BCUT2D eigenvalue weighted by Gasteiger charge is 2.17. The van der Waals surface area contributed by atoms with Crippen molar-refractivity contribution in [2.24, 2.45) is 0 Å². The number of carboxylic acid groups (broad SMARTS) is 2. The van der Waals surface area contributed by atoms with Gasteiger partial charge in [-0.05, 0) is 18.2 Å². The van der Waals surface area contributed by atoms with E-state index in [1.165, 1.54) is 12.1 Å².